The average Bonchev–Trinajstić information content (AvgIpc) is 3.26. The Morgan fingerprint density at radius 3 is 2.74 bits per heavy atom. The lowest BCUT2D eigenvalue weighted by Gasteiger charge is -2.37. The minimum atomic E-state index is -0.141. The Morgan fingerprint density at radius 1 is 1.23 bits per heavy atom. The fourth-order valence-electron chi connectivity index (χ4n) is 4.80. The van der Waals surface area contributed by atoms with E-state index < -0.39 is 0 Å². The lowest BCUT2D eigenvalue weighted by atomic mass is 9.81. The number of carbonyl (C=O) groups excluding carboxylic acids is 2. The Balaban J connectivity index is 1.41. The highest BCUT2D eigenvalue weighted by atomic mass is 35.5. The summed E-state index contributed by atoms with van der Waals surface area (Å²) in [6.07, 6.45) is 7.25. The van der Waals surface area contributed by atoms with Gasteiger partial charge in [-0.3, -0.25) is 9.59 Å². The summed E-state index contributed by atoms with van der Waals surface area (Å²) in [6.45, 7) is 2.47. The smallest absolute Gasteiger partial charge is 0.280 e. The van der Waals surface area contributed by atoms with Crippen molar-refractivity contribution < 1.29 is 9.59 Å². The van der Waals surface area contributed by atoms with Crippen molar-refractivity contribution in [2.75, 3.05) is 34.2 Å². The van der Waals surface area contributed by atoms with Crippen molar-refractivity contribution in [3.8, 4) is 0 Å². The molecule has 188 valence electrons. The number of likely N-dealkylation sites (N-methyl/N-ethyl adjacent to an activating group) is 1. The number of hydrogen-bond donors (Lipinski definition) is 2. The minimum absolute atomic E-state index is 0.0840. The molecule has 2 amide bonds. The molecule has 2 heterocycles. The van der Waals surface area contributed by atoms with Gasteiger partial charge in [-0.05, 0) is 44.0 Å². The number of carbonyl (C=O) groups is 2. The number of thiazole rings is 1. The topological polar surface area (TPSA) is 77.6 Å². The number of fused-ring (bicyclic) bond motifs is 1. The highest BCUT2D eigenvalue weighted by Gasteiger charge is 2.35. The normalized spacial score (nSPS) is 22.7. The van der Waals surface area contributed by atoms with Gasteiger partial charge in [0.05, 0.1) is 5.69 Å². The number of amides is 2. The molecule has 1 aliphatic heterocycles. The van der Waals surface area contributed by atoms with Crippen LogP contribution in [0.1, 0.15) is 45.2 Å². The van der Waals surface area contributed by atoms with Gasteiger partial charge < -0.3 is 20.4 Å². The third kappa shape index (κ3) is 6.70. The van der Waals surface area contributed by atoms with Crippen LogP contribution in [-0.2, 0) is 17.8 Å². The van der Waals surface area contributed by atoms with Gasteiger partial charge in [0, 0.05) is 68.1 Å². The average molecular weight is 516 g/mol. The number of nitrogens with one attached hydrogen (secondary N) is 2. The molecule has 0 spiro atoms. The van der Waals surface area contributed by atoms with E-state index in [0.29, 0.717) is 18.0 Å². The molecule has 0 radical (unpaired) electrons. The summed E-state index contributed by atoms with van der Waals surface area (Å²) in [5.74, 6) is -0.104. The molecule has 3 atom stereocenters. The summed E-state index contributed by atoms with van der Waals surface area (Å²) in [5, 5.41) is 8.03. The highest BCUT2D eigenvalue weighted by molar-refractivity contribution is 7.13. The Morgan fingerprint density at radius 2 is 2.00 bits per heavy atom. The molecule has 1 fully saturated rings. The van der Waals surface area contributed by atoms with Crippen LogP contribution in [0, 0.1) is 5.92 Å². The number of nitrogens with zero attached hydrogens (tertiary/aromatic N) is 3. The van der Waals surface area contributed by atoms with Gasteiger partial charge in [-0.25, -0.2) is 4.98 Å². The van der Waals surface area contributed by atoms with Gasteiger partial charge in [-0.1, -0.05) is 35.9 Å². The van der Waals surface area contributed by atoms with Crippen molar-refractivity contribution in [2.24, 2.45) is 5.92 Å². The van der Waals surface area contributed by atoms with Crippen LogP contribution in [0.4, 0.5) is 0 Å². The standard InChI is InChI=1S/C26H34ClN5O2S/c1-31(2)26(34)18-8-11-20(28-13-4-5-17-6-9-19(27)10-7-17)22(15-18)29-24(33)25-30-21-12-14-32(3)16-23(21)35-25/h4-7,9-10,18,20,22,28H,8,11-16H2,1-3H3,(H,29,33)/b5-4+/t18-,20-,22+/m0/s1. The molecule has 9 heteroatoms. The Bertz CT molecular complexity index is 1070. The van der Waals surface area contributed by atoms with E-state index >= 15 is 0 Å². The fourth-order valence-corrected chi connectivity index (χ4v) is 6.02. The minimum Gasteiger partial charge on any atom is -0.349 e. The quantitative estimate of drug-likeness (QED) is 0.590. The van der Waals surface area contributed by atoms with Crippen molar-refractivity contribution in [3.63, 3.8) is 0 Å². The van der Waals surface area contributed by atoms with E-state index in [4.69, 9.17) is 11.6 Å². The van der Waals surface area contributed by atoms with Crippen LogP contribution in [0.2, 0.25) is 5.02 Å². The molecule has 4 rings (SSSR count). The molecule has 2 N–H and O–H groups in total. The third-order valence-corrected chi connectivity index (χ3v) is 8.08. The zero-order valence-electron chi connectivity index (χ0n) is 20.6. The molecule has 1 aromatic carbocycles. The first-order chi connectivity index (χ1) is 16.8. The van der Waals surface area contributed by atoms with E-state index in [1.807, 2.05) is 24.3 Å². The molecule has 0 saturated heterocycles. The second-order valence-corrected chi connectivity index (χ2v) is 11.2. The van der Waals surface area contributed by atoms with Crippen LogP contribution >= 0.6 is 22.9 Å². The third-order valence-electron chi connectivity index (χ3n) is 6.75. The second-order valence-electron chi connectivity index (χ2n) is 9.67. The van der Waals surface area contributed by atoms with Gasteiger partial charge >= 0.3 is 0 Å². The van der Waals surface area contributed by atoms with Crippen molar-refractivity contribution in [1.29, 1.82) is 0 Å². The van der Waals surface area contributed by atoms with E-state index in [1.165, 1.54) is 16.2 Å². The van der Waals surface area contributed by atoms with E-state index in [2.05, 4.69) is 39.7 Å². The highest BCUT2D eigenvalue weighted by Crippen LogP contribution is 2.28. The van der Waals surface area contributed by atoms with Crippen molar-refractivity contribution >= 4 is 40.8 Å². The monoisotopic (exact) mass is 515 g/mol. The molecule has 7 nitrogen and oxygen atoms in total. The number of halogens is 1. The summed E-state index contributed by atoms with van der Waals surface area (Å²) in [7, 11) is 5.67. The number of hydrogen-bond acceptors (Lipinski definition) is 6. The predicted octanol–water partition coefficient (Wildman–Crippen LogP) is 3.44. The molecule has 0 unspecified atom stereocenters. The zero-order valence-corrected chi connectivity index (χ0v) is 22.2. The summed E-state index contributed by atoms with van der Waals surface area (Å²) in [5.41, 5.74) is 2.13. The zero-order chi connectivity index (χ0) is 24.9. The maximum atomic E-state index is 13.2. The summed E-state index contributed by atoms with van der Waals surface area (Å²) in [4.78, 5) is 35.6. The van der Waals surface area contributed by atoms with E-state index in [0.717, 1.165) is 48.6 Å². The Kier molecular flexibility index (Phi) is 8.59. The molecule has 2 aromatic rings. The molecular formula is C26H34ClN5O2S. The van der Waals surface area contributed by atoms with Gasteiger partial charge in [-0.2, -0.15) is 0 Å². The van der Waals surface area contributed by atoms with Crippen LogP contribution in [0.5, 0.6) is 0 Å². The van der Waals surface area contributed by atoms with E-state index in [9.17, 15) is 9.59 Å². The Labute approximate surface area is 216 Å². The largest absolute Gasteiger partial charge is 0.349 e. The van der Waals surface area contributed by atoms with Crippen molar-refractivity contribution in [1.82, 2.24) is 25.4 Å². The first-order valence-electron chi connectivity index (χ1n) is 12.1. The number of aromatic nitrogens is 1. The first-order valence-corrected chi connectivity index (χ1v) is 13.3. The van der Waals surface area contributed by atoms with Gasteiger partial charge in [0.2, 0.25) is 5.91 Å². The Hall–Kier alpha value is -2.26. The van der Waals surface area contributed by atoms with Crippen LogP contribution in [-0.4, -0.2) is 72.9 Å². The summed E-state index contributed by atoms with van der Waals surface area (Å²) in [6, 6.07) is 7.64. The number of rotatable bonds is 7. The molecule has 1 saturated carbocycles. The van der Waals surface area contributed by atoms with Crippen molar-refractivity contribution in [3.05, 3.63) is 56.5 Å². The van der Waals surface area contributed by atoms with Gasteiger partial charge in [-0.15, -0.1) is 11.3 Å². The van der Waals surface area contributed by atoms with Gasteiger partial charge in [0.1, 0.15) is 0 Å². The van der Waals surface area contributed by atoms with Gasteiger partial charge in [0.25, 0.3) is 5.91 Å². The molecule has 2 aliphatic rings. The first kappa shape index (κ1) is 25.8. The van der Waals surface area contributed by atoms with Crippen molar-refractivity contribution in [2.45, 2.75) is 44.3 Å². The number of benzene rings is 1. The van der Waals surface area contributed by atoms with E-state index in [-0.39, 0.29) is 29.8 Å². The summed E-state index contributed by atoms with van der Waals surface area (Å²) < 4.78 is 0. The predicted molar refractivity (Wildman–Crippen MR) is 142 cm³/mol. The molecule has 35 heavy (non-hydrogen) atoms. The molecule has 0 bridgehead atoms. The second kappa shape index (κ2) is 11.6. The fraction of sp³-hybridized carbons (Fsp3) is 0.500. The summed E-state index contributed by atoms with van der Waals surface area (Å²) >= 11 is 7.45. The van der Waals surface area contributed by atoms with Gasteiger partial charge in [0.15, 0.2) is 5.01 Å². The molecule has 1 aromatic heterocycles. The molecule has 1 aliphatic carbocycles. The lowest BCUT2D eigenvalue weighted by molar-refractivity contribution is -0.134. The maximum Gasteiger partial charge on any atom is 0.280 e. The lowest BCUT2D eigenvalue weighted by Crippen LogP contribution is -2.54. The molecular weight excluding hydrogens is 482 g/mol. The van der Waals surface area contributed by atoms with E-state index in [1.54, 1.807) is 19.0 Å². The van der Waals surface area contributed by atoms with Crippen LogP contribution in [0.15, 0.2) is 30.3 Å². The maximum absolute atomic E-state index is 13.2. The van der Waals surface area contributed by atoms with Crippen LogP contribution < -0.4 is 10.6 Å². The van der Waals surface area contributed by atoms with Crippen LogP contribution in [0.3, 0.4) is 0 Å². The van der Waals surface area contributed by atoms with Crippen LogP contribution in [0.25, 0.3) is 6.08 Å². The SMILES string of the molecule is CN1CCc2nc(C(=O)N[C@@H]3C[C@@H](C(=O)N(C)C)CC[C@@H]3NC/C=C/c3ccc(Cl)cc3)sc2C1.